The van der Waals surface area contributed by atoms with Gasteiger partial charge in [-0.15, -0.1) is 0 Å². The van der Waals surface area contributed by atoms with E-state index >= 15 is 0 Å². The molecule has 0 bridgehead atoms. The fourth-order valence-electron chi connectivity index (χ4n) is 2.34. The van der Waals surface area contributed by atoms with Crippen LogP contribution in [0.1, 0.15) is 22.7 Å². The zero-order valence-electron chi connectivity index (χ0n) is 9.81. The maximum atomic E-state index is 6.06. The Morgan fingerprint density at radius 2 is 1.89 bits per heavy atom. The van der Waals surface area contributed by atoms with Crippen LogP contribution in [0.25, 0.3) is 0 Å². The molecular weight excluding hydrogens is 288 g/mol. The Hall–Kier alpha value is -1.61. The second-order valence-corrected chi connectivity index (χ2v) is 5.36. The minimum absolute atomic E-state index is 0.132. The van der Waals surface area contributed by atoms with Crippen molar-refractivity contribution in [2.45, 2.75) is 12.5 Å². The molecule has 18 heavy (non-hydrogen) atoms. The van der Waals surface area contributed by atoms with Crippen LogP contribution in [0.3, 0.4) is 0 Å². The lowest BCUT2D eigenvalue weighted by Crippen LogP contribution is -2.22. The van der Waals surface area contributed by atoms with E-state index < -0.39 is 0 Å². The largest absolute Gasteiger partial charge is 0.383 e. The fraction of sp³-hybridized carbons (Fsp3) is 0.133. The van der Waals surface area contributed by atoms with Crippen LogP contribution >= 0.6 is 15.9 Å². The van der Waals surface area contributed by atoms with Crippen molar-refractivity contribution >= 4 is 21.8 Å². The molecule has 0 aromatic heterocycles. The van der Waals surface area contributed by atoms with E-state index in [9.17, 15) is 0 Å². The van der Waals surface area contributed by atoms with Crippen molar-refractivity contribution < 1.29 is 0 Å². The maximum Gasteiger partial charge on any atom is 0.126 e. The number of hydrogen-bond acceptors (Lipinski definition) is 2. The minimum atomic E-state index is 0.132. The van der Waals surface area contributed by atoms with Crippen LogP contribution in [-0.2, 0) is 6.42 Å². The van der Waals surface area contributed by atoms with Crippen LogP contribution in [-0.4, -0.2) is 5.84 Å². The second kappa shape index (κ2) is 4.58. The average molecular weight is 301 g/mol. The molecule has 2 nitrogen and oxygen atoms in total. The van der Waals surface area contributed by atoms with Gasteiger partial charge in [-0.2, -0.15) is 0 Å². The highest BCUT2D eigenvalue weighted by Crippen LogP contribution is 2.30. The van der Waals surface area contributed by atoms with Crippen molar-refractivity contribution in [1.29, 1.82) is 0 Å². The Morgan fingerprint density at radius 1 is 1.11 bits per heavy atom. The number of nitrogens with two attached hydrogens (primary N) is 1. The Bertz CT molecular complexity index is 605. The van der Waals surface area contributed by atoms with Crippen molar-refractivity contribution in [3.05, 3.63) is 69.7 Å². The molecule has 0 fully saturated rings. The molecule has 1 unspecified atom stereocenters. The number of aliphatic imine (C=N–C) groups is 1. The van der Waals surface area contributed by atoms with Gasteiger partial charge in [-0.1, -0.05) is 46.3 Å². The minimum Gasteiger partial charge on any atom is -0.383 e. The highest BCUT2D eigenvalue weighted by atomic mass is 79.9. The number of rotatable bonds is 1. The molecular formula is C15H13BrN2. The lowest BCUT2D eigenvalue weighted by molar-refractivity contribution is 0.709. The van der Waals surface area contributed by atoms with Gasteiger partial charge in [0.1, 0.15) is 5.84 Å². The van der Waals surface area contributed by atoms with E-state index in [1.165, 1.54) is 11.1 Å². The fourth-order valence-corrected chi connectivity index (χ4v) is 2.75. The van der Waals surface area contributed by atoms with Gasteiger partial charge >= 0.3 is 0 Å². The van der Waals surface area contributed by atoms with E-state index in [1.54, 1.807) is 0 Å². The van der Waals surface area contributed by atoms with Gasteiger partial charge in [0.2, 0.25) is 0 Å². The average Bonchev–Trinajstić information content (AvgIpc) is 2.39. The molecule has 2 aromatic rings. The Labute approximate surface area is 115 Å². The van der Waals surface area contributed by atoms with E-state index in [1.807, 2.05) is 30.3 Å². The lowest BCUT2D eigenvalue weighted by atomic mass is 9.93. The first-order valence-electron chi connectivity index (χ1n) is 5.91. The predicted molar refractivity (Wildman–Crippen MR) is 77.8 cm³/mol. The molecule has 3 rings (SSSR count). The smallest absolute Gasteiger partial charge is 0.126 e. The molecule has 0 radical (unpaired) electrons. The zero-order valence-corrected chi connectivity index (χ0v) is 11.4. The summed E-state index contributed by atoms with van der Waals surface area (Å²) in [6.07, 6.45) is 0.902. The molecule has 1 aliphatic rings. The van der Waals surface area contributed by atoms with Crippen molar-refractivity contribution in [3.63, 3.8) is 0 Å². The molecule has 0 aliphatic carbocycles. The van der Waals surface area contributed by atoms with Crippen LogP contribution < -0.4 is 5.73 Å². The van der Waals surface area contributed by atoms with E-state index in [-0.39, 0.29) is 6.04 Å². The standard InChI is InChI=1S/C15H13BrN2/c16-12-6-7-13-11(8-12)9-14(18-15(13)17)10-4-2-1-3-5-10/h1-8,14H,9H2,(H2,17,18). The molecule has 1 aliphatic heterocycles. The van der Waals surface area contributed by atoms with Crippen molar-refractivity contribution in [2.75, 3.05) is 0 Å². The molecule has 2 N–H and O–H groups in total. The van der Waals surface area contributed by atoms with Gasteiger partial charge in [-0.3, -0.25) is 4.99 Å². The Kier molecular flexibility index (Phi) is 2.92. The molecule has 0 saturated heterocycles. The summed E-state index contributed by atoms with van der Waals surface area (Å²) in [7, 11) is 0. The van der Waals surface area contributed by atoms with E-state index in [0.717, 1.165) is 16.5 Å². The summed E-state index contributed by atoms with van der Waals surface area (Å²) in [4.78, 5) is 4.60. The van der Waals surface area contributed by atoms with Crippen LogP contribution in [0.5, 0.6) is 0 Å². The van der Waals surface area contributed by atoms with Gasteiger partial charge in [-0.05, 0) is 35.7 Å². The van der Waals surface area contributed by atoms with Gasteiger partial charge in [-0.25, -0.2) is 0 Å². The Balaban J connectivity index is 2.03. The molecule has 1 heterocycles. The van der Waals surface area contributed by atoms with Crippen LogP contribution in [0.15, 0.2) is 58.0 Å². The number of amidine groups is 1. The summed E-state index contributed by atoms with van der Waals surface area (Å²) in [6, 6.07) is 16.6. The summed E-state index contributed by atoms with van der Waals surface area (Å²) in [5.74, 6) is 0.637. The zero-order chi connectivity index (χ0) is 12.5. The van der Waals surface area contributed by atoms with Gasteiger partial charge in [0, 0.05) is 10.0 Å². The number of benzene rings is 2. The van der Waals surface area contributed by atoms with Gasteiger partial charge in [0.25, 0.3) is 0 Å². The molecule has 0 spiro atoms. The third-order valence-corrected chi connectivity index (χ3v) is 3.73. The van der Waals surface area contributed by atoms with E-state index in [2.05, 4.69) is 39.1 Å². The predicted octanol–water partition coefficient (Wildman–Crippen LogP) is 3.45. The summed E-state index contributed by atoms with van der Waals surface area (Å²) in [5.41, 5.74) is 9.59. The molecule has 90 valence electrons. The molecule has 0 amide bonds. The first kappa shape index (κ1) is 11.5. The van der Waals surface area contributed by atoms with Gasteiger partial charge in [0.15, 0.2) is 0 Å². The summed E-state index contributed by atoms with van der Waals surface area (Å²) < 4.78 is 1.09. The Morgan fingerprint density at radius 3 is 2.67 bits per heavy atom. The highest BCUT2D eigenvalue weighted by Gasteiger charge is 2.20. The summed E-state index contributed by atoms with van der Waals surface area (Å²) >= 11 is 3.51. The monoisotopic (exact) mass is 300 g/mol. The SMILES string of the molecule is NC1=NC(c2ccccc2)Cc2cc(Br)ccc21. The quantitative estimate of drug-likeness (QED) is 0.861. The number of halogens is 1. The molecule has 2 aromatic carbocycles. The highest BCUT2D eigenvalue weighted by molar-refractivity contribution is 9.10. The first-order valence-corrected chi connectivity index (χ1v) is 6.70. The molecule has 0 saturated carbocycles. The number of fused-ring (bicyclic) bond motifs is 1. The molecule has 3 heteroatoms. The molecule has 1 atom stereocenters. The lowest BCUT2D eigenvalue weighted by Gasteiger charge is -2.22. The third-order valence-electron chi connectivity index (χ3n) is 3.24. The van der Waals surface area contributed by atoms with Crippen molar-refractivity contribution in [1.82, 2.24) is 0 Å². The normalized spacial score (nSPS) is 18.1. The number of nitrogens with zero attached hydrogens (tertiary/aromatic N) is 1. The summed E-state index contributed by atoms with van der Waals surface area (Å²) in [6.45, 7) is 0. The van der Waals surface area contributed by atoms with Crippen LogP contribution in [0, 0.1) is 0 Å². The second-order valence-electron chi connectivity index (χ2n) is 4.45. The van der Waals surface area contributed by atoms with Crippen molar-refractivity contribution in [2.24, 2.45) is 10.7 Å². The van der Waals surface area contributed by atoms with E-state index in [4.69, 9.17) is 5.73 Å². The maximum absolute atomic E-state index is 6.06. The van der Waals surface area contributed by atoms with Crippen molar-refractivity contribution in [3.8, 4) is 0 Å². The van der Waals surface area contributed by atoms with Crippen LogP contribution in [0.4, 0.5) is 0 Å². The first-order chi connectivity index (χ1) is 8.74. The van der Waals surface area contributed by atoms with E-state index in [0.29, 0.717) is 5.84 Å². The van der Waals surface area contributed by atoms with Gasteiger partial charge in [0.05, 0.1) is 6.04 Å². The number of hydrogen-bond donors (Lipinski definition) is 1. The van der Waals surface area contributed by atoms with Crippen LogP contribution in [0.2, 0.25) is 0 Å². The summed E-state index contributed by atoms with van der Waals surface area (Å²) in [5, 5.41) is 0. The third kappa shape index (κ3) is 2.06. The topological polar surface area (TPSA) is 38.4 Å². The van der Waals surface area contributed by atoms with Gasteiger partial charge < -0.3 is 5.73 Å².